The first-order chi connectivity index (χ1) is 13.5. The Kier molecular flexibility index (Phi) is 7.70. The van der Waals surface area contributed by atoms with Gasteiger partial charge in [-0.25, -0.2) is 4.98 Å². The third-order valence-electron chi connectivity index (χ3n) is 4.49. The van der Waals surface area contributed by atoms with Crippen molar-refractivity contribution < 1.29 is 4.79 Å². The molecule has 0 unspecified atom stereocenters. The van der Waals surface area contributed by atoms with Crippen molar-refractivity contribution in [2.24, 2.45) is 0 Å². The normalized spacial score (nSPS) is 10.5. The van der Waals surface area contributed by atoms with Gasteiger partial charge in [-0.3, -0.25) is 4.79 Å². The molecule has 0 aliphatic heterocycles. The van der Waals surface area contributed by atoms with Gasteiger partial charge in [-0.05, 0) is 39.2 Å². The molecule has 4 nitrogen and oxygen atoms in total. The van der Waals surface area contributed by atoms with E-state index in [1.807, 2.05) is 96.5 Å². The van der Waals surface area contributed by atoms with Crippen LogP contribution in [0.1, 0.15) is 29.8 Å². The molecule has 2 aromatic carbocycles. The number of benzene rings is 2. The molecule has 0 atom stereocenters. The number of amides is 1. The molecule has 1 heterocycles. The van der Waals surface area contributed by atoms with E-state index in [4.69, 9.17) is 4.98 Å². The molecule has 4 heteroatoms. The summed E-state index contributed by atoms with van der Waals surface area (Å²) in [5.41, 5.74) is 4.52. The van der Waals surface area contributed by atoms with E-state index < -0.39 is 0 Å². The van der Waals surface area contributed by atoms with Gasteiger partial charge in [0.05, 0.1) is 16.8 Å². The molecule has 0 fully saturated rings. The summed E-state index contributed by atoms with van der Waals surface area (Å²) in [5, 5.41) is 0.909. The molecule has 28 heavy (non-hydrogen) atoms. The van der Waals surface area contributed by atoms with Gasteiger partial charge >= 0.3 is 0 Å². The highest BCUT2D eigenvalue weighted by Crippen LogP contribution is 2.26. The standard InChI is InChI=1S/C22H25N3O.C2H6/c1-16-10-11-20-18(14-16)19(22(26)25(4)13-12-24(2)3)15-21(23-20)17-8-6-5-7-9-17;1-2/h5-11,14-15H,12-13H2,1-4H3;1-2H3. The van der Waals surface area contributed by atoms with Gasteiger partial charge in [0.2, 0.25) is 0 Å². The van der Waals surface area contributed by atoms with Gasteiger partial charge in [0.25, 0.3) is 5.91 Å². The van der Waals surface area contributed by atoms with Crippen LogP contribution in [0.25, 0.3) is 22.2 Å². The lowest BCUT2D eigenvalue weighted by Gasteiger charge is -2.21. The third-order valence-corrected chi connectivity index (χ3v) is 4.49. The quantitative estimate of drug-likeness (QED) is 0.636. The van der Waals surface area contributed by atoms with Crippen LogP contribution < -0.4 is 0 Å². The number of hydrogen-bond acceptors (Lipinski definition) is 3. The summed E-state index contributed by atoms with van der Waals surface area (Å²) in [4.78, 5) is 21.8. The average Bonchev–Trinajstić information content (AvgIpc) is 2.72. The molecule has 1 aromatic heterocycles. The van der Waals surface area contributed by atoms with Crippen molar-refractivity contribution in [3.05, 3.63) is 65.7 Å². The van der Waals surface area contributed by atoms with Crippen molar-refractivity contribution in [3.63, 3.8) is 0 Å². The summed E-state index contributed by atoms with van der Waals surface area (Å²) in [6, 6.07) is 18.0. The van der Waals surface area contributed by atoms with Crippen molar-refractivity contribution in [3.8, 4) is 11.3 Å². The first-order valence-corrected chi connectivity index (χ1v) is 9.83. The van der Waals surface area contributed by atoms with Crippen molar-refractivity contribution in [1.29, 1.82) is 0 Å². The Labute approximate surface area is 168 Å². The first-order valence-electron chi connectivity index (χ1n) is 9.83. The lowest BCUT2D eigenvalue weighted by Crippen LogP contribution is -2.33. The summed E-state index contributed by atoms with van der Waals surface area (Å²) >= 11 is 0. The van der Waals surface area contributed by atoms with Gasteiger partial charge in [0.15, 0.2) is 0 Å². The molecule has 0 spiro atoms. The van der Waals surface area contributed by atoms with Crippen molar-refractivity contribution in [2.75, 3.05) is 34.2 Å². The highest BCUT2D eigenvalue weighted by molar-refractivity contribution is 6.07. The zero-order valence-electron chi connectivity index (χ0n) is 17.9. The smallest absolute Gasteiger partial charge is 0.254 e. The Morgan fingerprint density at radius 3 is 2.25 bits per heavy atom. The number of likely N-dealkylation sites (N-methyl/N-ethyl adjacent to an activating group) is 2. The van der Waals surface area contributed by atoms with E-state index in [-0.39, 0.29) is 5.91 Å². The summed E-state index contributed by atoms with van der Waals surface area (Å²) < 4.78 is 0. The predicted octanol–water partition coefficient (Wildman–Crippen LogP) is 4.87. The van der Waals surface area contributed by atoms with Crippen molar-refractivity contribution >= 4 is 16.8 Å². The van der Waals surface area contributed by atoms with E-state index in [9.17, 15) is 4.79 Å². The summed E-state index contributed by atoms with van der Waals surface area (Å²) in [6.45, 7) is 7.55. The number of aromatic nitrogens is 1. The highest BCUT2D eigenvalue weighted by atomic mass is 16.2. The maximum atomic E-state index is 13.1. The molecule has 0 bridgehead atoms. The van der Waals surface area contributed by atoms with Crippen LogP contribution in [0, 0.1) is 6.92 Å². The average molecular weight is 378 g/mol. The zero-order chi connectivity index (χ0) is 20.7. The maximum Gasteiger partial charge on any atom is 0.254 e. The highest BCUT2D eigenvalue weighted by Gasteiger charge is 2.17. The SMILES string of the molecule is CC.Cc1ccc2nc(-c3ccccc3)cc(C(=O)N(C)CCN(C)C)c2c1. The number of aryl methyl sites for hydroxylation is 1. The molecule has 0 radical (unpaired) electrons. The van der Waals surface area contributed by atoms with Crippen LogP contribution in [0.3, 0.4) is 0 Å². The molecule has 3 aromatic rings. The van der Waals surface area contributed by atoms with Crippen LogP contribution in [-0.4, -0.2) is 54.9 Å². The minimum absolute atomic E-state index is 0.0297. The summed E-state index contributed by atoms with van der Waals surface area (Å²) in [6.07, 6.45) is 0. The molecule has 0 N–H and O–H groups in total. The molecular weight excluding hydrogens is 346 g/mol. The van der Waals surface area contributed by atoms with Crippen LogP contribution in [0.2, 0.25) is 0 Å². The third kappa shape index (κ3) is 5.17. The molecule has 0 aliphatic carbocycles. The van der Waals surface area contributed by atoms with E-state index in [0.29, 0.717) is 12.1 Å². The minimum Gasteiger partial charge on any atom is -0.340 e. The van der Waals surface area contributed by atoms with E-state index in [1.165, 1.54) is 0 Å². The van der Waals surface area contributed by atoms with Crippen molar-refractivity contribution in [1.82, 2.24) is 14.8 Å². The van der Waals surface area contributed by atoms with Crippen LogP contribution in [0.15, 0.2) is 54.6 Å². The van der Waals surface area contributed by atoms with Gasteiger partial charge in [-0.2, -0.15) is 0 Å². The summed E-state index contributed by atoms with van der Waals surface area (Å²) in [7, 11) is 5.88. The first kappa shape index (κ1) is 21.6. The van der Waals surface area contributed by atoms with Gasteiger partial charge in [0, 0.05) is 31.1 Å². The largest absolute Gasteiger partial charge is 0.340 e. The fourth-order valence-corrected chi connectivity index (χ4v) is 2.93. The number of fused-ring (bicyclic) bond motifs is 1. The Hall–Kier alpha value is -2.72. The predicted molar refractivity (Wildman–Crippen MR) is 119 cm³/mol. The topological polar surface area (TPSA) is 36.4 Å². The number of nitrogens with zero attached hydrogens (tertiary/aromatic N) is 3. The molecule has 0 saturated heterocycles. The summed E-state index contributed by atoms with van der Waals surface area (Å²) in [5.74, 6) is 0.0297. The van der Waals surface area contributed by atoms with Crippen LogP contribution >= 0.6 is 0 Å². The number of carbonyl (C=O) groups excluding carboxylic acids is 1. The fraction of sp³-hybridized carbons (Fsp3) is 0.333. The van der Waals surface area contributed by atoms with E-state index >= 15 is 0 Å². The molecule has 1 amide bonds. The van der Waals surface area contributed by atoms with Gasteiger partial charge in [-0.1, -0.05) is 55.8 Å². The lowest BCUT2D eigenvalue weighted by molar-refractivity contribution is 0.0788. The molecule has 0 aliphatic rings. The maximum absolute atomic E-state index is 13.1. The molecule has 0 saturated carbocycles. The van der Waals surface area contributed by atoms with E-state index in [2.05, 4.69) is 4.90 Å². The van der Waals surface area contributed by atoms with E-state index in [0.717, 1.165) is 34.3 Å². The number of hydrogen-bond donors (Lipinski definition) is 0. The fourth-order valence-electron chi connectivity index (χ4n) is 2.93. The van der Waals surface area contributed by atoms with Gasteiger partial charge in [-0.15, -0.1) is 0 Å². The number of pyridine rings is 1. The second-order valence-electron chi connectivity index (χ2n) is 6.97. The number of rotatable bonds is 5. The van der Waals surface area contributed by atoms with Crippen molar-refractivity contribution in [2.45, 2.75) is 20.8 Å². The van der Waals surface area contributed by atoms with Crippen LogP contribution in [0.4, 0.5) is 0 Å². The minimum atomic E-state index is 0.0297. The molecular formula is C24H31N3O. The Morgan fingerprint density at radius 1 is 0.929 bits per heavy atom. The second-order valence-corrected chi connectivity index (χ2v) is 6.97. The Morgan fingerprint density at radius 2 is 1.61 bits per heavy atom. The van der Waals surface area contributed by atoms with Crippen LogP contribution in [0.5, 0.6) is 0 Å². The monoisotopic (exact) mass is 377 g/mol. The van der Waals surface area contributed by atoms with Gasteiger partial charge < -0.3 is 9.80 Å². The molecule has 148 valence electrons. The Bertz CT molecular complexity index is 920. The van der Waals surface area contributed by atoms with E-state index in [1.54, 1.807) is 4.90 Å². The van der Waals surface area contributed by atoms with Crippen LogP contribution in [-0.2, 0) is 0 Å². The Balaban J connectivity index is 0.00000136. The van der Waals surface area contributed by atoms with Gasteiger partial charge in [0.1, 0.15) is 0 Å². The lowest BCUT2D eigenvalue weighted by atomic mass is 10.0. The second kappa shape index (κ2) is 10.00. The molecule has 3 rings (SSSR count). The zero-order valence-corrected chi connectivity index (χ0v) is 17.9. The number of carbonyl (C=O) groups is 1.